The summed E-state index contributed by atoms with van der Waals surface area (Å²) >= 11 is 0. The number of ether oxygens (including phenoxy) is 1. The molecule has 0 aromatic carbocycles. The van der Waals surface area contributed by atoms with Gasteiger partial charge in [-0.3, -0.25) is 10.1 Å². The van der Waals surface area contributed by atoms with Crippen LogP contribution in [0.15, 0.2) is 0 Å². The summed E-state index contributed by atoms with van der Waals surface area (Å²) in [7, 11) is 1.51. The lowest BCUT2D eigenvalue weighted by Crippen LogP contribution is -2.61. The van der Waals surface area contributed by atoms with Gasteiger partial charge in [-0.05, 0) is 32.2 Å². The number of rotatable bonds is 4. The highest BCUT2D eigenvalue weighted by Gasteiger charge is 2.43. The Balaban J connectivity index is 2.01. The predicted octanol–water partition coefficient (Wildman–Crippen LogP) is 1.55. The van der Waals surface area contributed by atoms with Gasteiger partial charge in [0.05, 0.1) is 7.11 Å². The van der Waals surface area contributed by atoms with Crippen molar-refractivity contribution in [2.75, 3.05) is 26.7 Å². The molecule has 0 unspecified atom stereocenters. The normalized spacial score (nSPS) is 25.2. The highest BCUT2D eigenvalue weighted by molar-refractivity contribution is 5.81. The number of piperidine rings is 1. The second-order valence-electron chi connectivity index (χ2n) is 5.63. The van der Waals surface area contributed by atoms with Gasteiger partial charge in [0.25, 0.3) is 0 Å². The molecule has 0 radical (unpaired) electrons. The van der Waals surface area contributed by atoms with Crippen molar-refractivity contribution in [2.45, 2.75) is 57.0 Å². The molecule has 0 bridgehead atoms. The van der Waals surface area contributed by atoms with Gasteiger partial charge in [-0.15, -0.1) is 0 Å². The number of nitrogens with one attached hydrogen (secondary N) is 1. The van der Waals surface area contributed by atoms with Crippen LogP contribution in [0.2, 0.25) is 0 Å². The van der Waals surface area contributed by atoms with Gasteiger partial charge in [-0.2, -0.15) is 0 Å². The van der Waals surface area contributed by atoms with E-state index in [0.717, 1.165) is 32.5 Å². The minimum absolute atomic E-state index is 0.0647. The molecule has 1 saturated carbocycles. The van der Waals surface area contributed by atoms with E-state index in [4.69, 9.17) is 4.74 Å². The van der Waals surface area contributed by atoms with Crippen LogP contribution in [-0.2, 0) is 9.53 Å². The Morgan fingerprint density at radius 2 is 1.94 bits per heavy atom. The van der Waals surface area contributed by atoms with E-state index < -0.39 is 5.54 Å². The lowest BCUT2D eigenvalue weighted by Gasteiger charge is -2.41. The fraction of sp³-hybridized carbons (Fsp3) is 0.929. The van der Waals surface area contributed by atoms with E-state index >= 15 is 0 Å². The van der Waals surface area contributed by atoms with Crippen molar-refractivity contribution in [3.05, 3.63) is 0 Å². The maximum atomic E-state index is 12.2. The molecule has 0 spiro atoms. The number of methoxy groups -OCH3 is 1. The predicted molar refractivity (Wildman–Crippen MR) is 71.5 cm³/mol. The number of hydrogen-bond acceptors (Lipinski definition) is 4. The zero-order valence-corrected chi connectivity index (χ0v) is 11.7. The van der Waals surface area contributed by atoms with Crippen LogP contribution in [0.25, 0.3) is 0 Å². The highest BCUT2D eigenvalue weighted by atomic mass is 16.5. The van der Waals surface area contributed by atoms with E-state index in [9.17, 15) is 4.79 Å². The number of nitrogens with zero attached hydrogens (tertiary/aromatic N) is 1. The minimum Gasteiger partial charge on any atom is -0.468 e. The Labute approximate surface area is 110 Å². The molecule has 2 aliphatic rings. The number of carbonyl (C=O) groups excluding carboxylic acids is 1. The summed E-state index contributed by atoms with van der Waals surface area (Å²) in [6.45, 7) is 5.23. The van der Waals surface area contributed by atoms with Gasteiger partial charge in [-0.1, -0.05) is 19.8 Å². The third kappa shape index (κ3) is 2.86. The maximum Gasteiger partial charge on any atom is 0.326 e. The molecule has 18 heavy (non-hydrogen) atoms. The van der Waals surface area contributed by atoms with Gasteiger partial charge in [-0.25, -0.2) is 0 Å². The zero-order valence-electron chi connectivity index (χ0n) is 11.7. The molecule has 1 aliphatic heterocycles. The van der Waals surface area contributed by atoms with Gasteiger partial charge in [0.1, 0.15) is 5.54 Å². The fourth-order valence-electron chi connectivity index (χ4n) is 3.31. The summed E-state index contributed by atoms with van der Waals surface area (Å²) in [6, 6.07) is 0.511. The first kappa shape index (κ1) is 13.8. The standard InChI is InChI=1S/C14H26N2O2/c1-3-16-10-8-14(9-11-16,13(17)18-2)15-12-6-4-5-7-12/h12,15H,3-11H2,1-2H3. The van der Waals surface area contributed by atoms with Crippen molar-refractivity contribution in [3.8, 4) is 0 Å². The first-order valence-corrected chi connectivity index (χ1v) is 7.28. The molecule has 0 aromatic rings. The largest absolute Gasteiger partial charge is 0.468 e. The van der Waals surface area contributed by atoms with E-state index in [1.165, 1.54) is 32.8 Å². The summed E-state index contributed by atoms with van der Waals surface area (Å²) in [6.07, 6.45) is 6.74. The smallest absolute Gasteiger partial charge is 0.326 e. The molecule has 0 amide bonds. The van der Waals surface area contributed by atoms with Gasteiger partial charge in [0.2, 0.25) is 0 Å². The average molecular weight is 254 g/mol. The van der Waals surface area contributed by atoms with Crippen LogP contribution >= 0.6 is 0 Å². The van der Waals surface area contributed by atoms with Crippen molar-refractivity contribution < 1.29 is 9.53 Å². The summed E-state index contributed by atoms with van der Waals surface area (Å²) < 4.78 is 5.05. The molecule has 4 heteroatoms. The van der Waals surface area contributed by atoms with Crippen molar-refractivity contribution in [2.24, 2.45) is 0 Å². The molecular weight excluding hydrogens is 228 g/mol. The molecule has 1 heterocycles. The van der Waals surface area contributed by atoms with Gasteiger partial charge in [0, 0.05) is 19.1 Å². The molecule has 1 saturated heterocycles. The Morgan fingerprint density at radius 3 is 2.44 bits per heavy atom. The van der Waals surface area contributed by atoms with Gasteiger partial charge in [0.15, 0.2) is 0 Å². The van der Waals surface area contributed by atoms with Crippen LogP contribution in [0.5, 0.6) is 0 Å². The summed E-state index contributed by atoms with van der Waals surface area (Å²) in [5.41, 5.74) is -0.421. The number of esters is 1. The molecule has 2 rings (SSSR count). The molecule has 4 nitrogen and oxygen atoms in total. The maximum absolute atomic E-state index is 12.2. The second-order valence-corrected chi connectivity index (χ2v) is 5.63. The number of hydrogen-bond donors (Lipinski definition) is 1. The Hall–Kier alpha value is -0.610. The van der Waals surface area contributed by atoms with Crippen LogP contribution in [0.1, 0.15) is 45.4 Å². The average Bonchev–Trinajstić information content (AvgIpc) is 2.91. The number of carbonyl (C=O) groups is 1. The topological polar surface area (TPSA) is 41.6 Å². The monoisotopic (exact) mass is 254 g/mol. The van der Waals surface area contributed by atoms with E-state index in [0.29, 0.717) is 6.04 Å². The van der Waals surface area contributed by atoms with Gasteiger partial charge >= 0.3 is 5.97 Å². The van der Waals surface area contributed by atoms with E-state index in [-0.39, 0.29) is 5.97 Å². The van der Waals surface area contributed by atoms with Crippen LogP contribution in [0.4, 0.5) is 0 Å². The van der Waals surface area contributed by atoms with Crippen LogP contribution < -0.4 is 5.32 Å². The van der Waals surface area contributed by atoms with Crippen molar-refractivity contribution in [1.29, 1.82) is 0 Å². The third-order valence-electron chi connectivity index (χ3n) is 4.57. The van der Waals surface area contributed by atoms with E-state index in [1.54, 1.807) is 0 Å². The Kier molecular flexibility index (Phi) is 4.62. The second kappa shape index (κ2) is 6.02. The third-order valence-corrected chi connectivity index (χ3v) is 4.57. The van der Waals surface area contributed by atoms with Crippen LogP contribution in [0, 0.1) is 0 Å². The summed E-state index contributed by atoms with van der Waals surface area (Å²) in [5, 5.41) is 3.63. The molecule has 0 aromatic heterocycles. The Morgan fingerprint density at radius 1 is 1.33 bits per heavy atom. The van der Waals surface area contributed by atoms with Crippen molar-refractivity contribution in [1.82, 2.24) is 10.2 Å². The quantitative estimate of drug-likeness (QED) is 0.773. The summed E-state index contributed by atoms with van der Waals surface area (Å²) in [4.78, 5) is 14.6. The van der Waals surface area contributed by atoms with Crippen LogP contribution in [0.3, 0.4) is 0 Å². The highest BCUT2D eigenvalue weighted by Crippen LogP contribution is 2.28. The number of likely N-dealkylation sites (tertiary alicyclic amines) is 1. The first-order chi connectivity index (χ1) is 8.70. The Bertz CT molecular complexity index is 280. The molecular formula is C14H26N2O2. The summed E-state index contributed by atoms with van der Waals surface area (Å²) in [5.74, 6) is -0.0647. The van der Waals surface area contributed by atoms with Crippen LogP contribution in [-0.4, -0.2) is 49.2 Å². The molecule has 1 N–H and O–H groups in total. The van der Waals surface area contributed by atoms with E-state index in [2.05, 4.69) is 17.1 Å². The lowest BCUT2D eigenvalue weighted by atomic mass is 9.86. The minimum atomic E-state index is -0.421. The molecule has 2 fully saturated rings. The fourth-order valence-corrected chi connectivity index (χ4v) is 3.31. The molecule has 1 aliphatic carbocycles. The van der Waals surface area contributed by atoms with Crippen molar-refractivity contribution in [3.63, 3.8) is 0 Å². The van der Waals surface area contributed by atoms with Gasteiger partial charge < -0.3 is 9.64 Å². The van der Waals surface area contributed by atoms with E-state index in [1.807, 2.05) is 0 Å². The van der Waals surface area contributed by atoms with Crippen molar-refractivity contribution >= 4 is 5.97 Å². The zero-order chi connectivity index (χ0) is 13.0. The molecule has 0 atom stereocenters. The molecule has 104 valence electrons. The SMILES string of the molecule is CCN1CCC(NC2CCCC2)(C(=O)OC)CC1. The lowest BCUT2D eigenvalue weighted by molar-refractivity contribution is -0.151. The first-order valence-electron chi connectivity index (χ1n) is 7.28.